The fraction of sp³-hybridized carbons (Fsp3) is 0.615. The molecule has 90 valence electrons. The van der Waals surface area contributed by atoms with Gasteiger partial charge in [-0.15, -0.1) is 0 Å². The molecule has 0 saturated carbocycles. The Labute approximate surface area is 97.8 Å². The summed E-state index contributed by atoms with van der Waals surface area (Å²) < 4.78 is 5.26. The molecule has 1 rings (SSSR count). The van der Waals surface area contributed by atoms with Gasteiger partial charge in [-0.2, -0.15) is 0 Å². The molecule has 0 spiro atoms. The Hall–Kier alpha value is -1.25. The van der Waals surface area contributed by atoms with Gasteiger partial charge in [0.25, 0.3) is 0 Å². The van der Waals surface area contributed by atoms with Gasteiger partial charge in [0, 0.05) is 12.7 Å². The highest BCUT2D eigenvalue weighted by molar-refractivity contribution is 5.72. The SMILES string of the molecule is CCC1=CCN(CC(=O)OC(C)(C)C)C=C1. The maximum absolute atomic E-state index is 11.6. The van der Waals surface area contributed by atoms with Crippen molar-refractivity contribution in [2.24, 2.45) is 0 Å². The molecule has 3 heteroatoms. The van der Waals surface area contributed by atoms with Crippen molar-refractivity contribution in [3.63, 3.8) is 0 Å². The van der Waals surface area contributed by atoms with Gasteiger partial charge >= 0.3 is 5.97 Å². The Morgan fingerprint density at radius 3 is 2.62 bits per heavy atom. The fourth-order valence-corrected chi connectivity index (χ4v) is 1.48. The quantitative estimate of drug-likeness (QED) is 0.688. The number of ether oxygens (including phenoxy) is 1. The molecule has 0 radical (unpaired) electrons. The molecule has 0 aliphatic carbocycles. The third-order valence-corrected chi connectivity index (χ3v) is 2.25. The molecule has 0 aromatic rings. The van der Waals surface area contributed by atoms with E-state index in [1.165, 1.54) is 5.57 Å². The Morgan fingerprint density at radius 1 is 1.50 bits per heavy atom. The van der Waals surface area contributed by atoms with Crippen molar-refractivity contribution in [1.29, 1.82) is 0 Å². The van der Waals surface area contributed by atoms with Crippen LogP contribution < -0.4 is 0 Å². The highest BCUT2D eigenvalue weighted by Crippen LogP contribution is 2.11. The van der Waals surface area contributed by atoms with Gasteiger partial charge in [-0.3, -0.25) is 4.79 Å². The van der Waals surface area contributed by atoms with Gasteiger partial charge in [0.2, 0.25) is 0 Å². The largest absolute Gasteiger partial charge is 0.459 e. The highest BCUT2D eigenvalue weighted by atomic mass is 16.6. The van der Waals surface area contributed by atoms with Gasteiger partial charge in [0.15, 0.2) is 0 Å². The maximum Gasteiger partial charge on any atom is 0.326 e. The summed E-state index contributed by atoms with van der Waals surface area (Å²) in [5, 5.41) is 0. The van der Waals surface area contributed by atoms with E-state index in [2.05, 4.69) is 13.0 Å². The van der Waals surface area contributed by atoms with E-state index in [0.29, 0.717) is 6.54 Å². The zero-order valence-electron chi connectivity index (χ0n) is 10.6. The standard InChI is InChI=1S/C13H21NO2/c1-5-11-6-8-14(9-7-11)10-12(15)16-13(2,3)4/h6-8H,5,9-10H2,1-4H3. The smallest absolute Gasteiger partial charge is 0.326 e. The molecule has 3 nitrogen and oxygen atoms in total. The van der Waals surface area contributed by atoms with E-state index in [1.54, 1.807) is 0 Å². The van der Waals surface area contributed by atoms with Crippen LogP contribution in [0.1, 0.15) is 34.1 Å². The average molecular weight is 223 g/mol. The molecule has 16 heavy (non-hydrogen) atoms. The molecule has 1 aliphatic heterocycles. The zero-order valence-corrected chi connectivity index (χ0v) is 10.6. The number of carbonyl (C=O) groups is 1. The van der Waals surface area contributed by atoms with E-state index < -0.39 is 5.60 Å². The topological polar surface area (TPSA) is 29.5 Å². The van der Waals surface area contributed by atoms with Crippen LogP contribution in [0.25, 0.3) is 0 Å². The van der Waals surface area contributed by atoms with E-state index in [9.17, 15) is 4.79 Å². The first-order valence-electron chi connectivity index (χ1n) is 5.74. The lowest BCUT2D eigenvalue weighted by Gasteiger charge is -2.25. The summed E-state index contributed by atoms with van der Waals surface area (Å²) in [6, 6.07) is 0. The number of carbonyl (C=O) groups excluding carboxylic acids is 1. The van der Waals surface area contributed by atoms with E-state index in [0.717, 1.165) is 13.0 Å². The molecule has 0 amide bonds. The van der Waals surface area contributed by atoms with Gasteiger partial charge in [-0.25, -0.2) is 0 Å². The molecule has 0 bridgehead atoms. The Bertz CT molecular complexity index is 310. The molecular formula is C13H21NO2. The van der Waals surface area contributed by atoms with Crippen LogP contribution in [-0.2, 0) is 9.53 Å². The van der Waals surface area contributed by atoms with Gasteiger partial charge in [0.05, 0.1) is 0 Å². The second kappa shape index (κ2) is 5.19. The summed E-state index contributed by atoms with van der Waals surface area (Å²) in [5.41, 5.74) is 0.918. The van der Waals surface area contributed by atoms with E-state index in [4.69, 9.17) is 4.74 Å². The van der Waals surface area contributed by atoms with Gasteiger partial charge in [-0.1, -0.05) is 13.0 Å². The van der Waals surface area contributed by atoms with Crippen molar-refractivity contribution in [3.8, 4) is 0 Å². The Balaban J connectivity index is 2.38. The summed E-state index contributed by atoms with van der Waals surface area (Å²) in [5.74, 6) is -0.175. The molecule has 0 saturated heterocycles. The minimum atomic E-state index is -0.402. The average Bonchev–Trinajstić information content (AvgIpc) is 2.16. The number of hydrogen-bond acceptors (Lipinski definition) is 3. The number of nitrogens with zero attached hydrogens (tertiary/aromatic N) is 1. The molecule has 1 heterocycles. The highest BCUT2D eigenvalue weighted by Gasteiger charge is 2.18. The van der Waals surface area contributed by atoms with Crippen LogP contribution in [-0.4, -0.2) is 29.6 Å². The second-order valence-electron chi connectivity index (χ2n) is 4.96. The first-order chi connectivity index (χ1) is 7.40. The Morgan fingerprint density at radius 2 is 2.19 bits per heavy atom. The van der Waals surface area contributed by atoms with Crippen molar-refractivity contribution in [2.45, 2.75) is 39.7 Å². The first-order valence-corrected chi connectivity index (χ1v) is 5.74. The monoisotopic (exact) mass is 223 g/mol. The maximum atomic E-state index is 11.6. The Kier molecular flexibility index (Phi) is 4.16. The lowest BCUT2D eigenvalue weighted by Crippen LogP contribution is -2.33. The molecule has 1 aliphatic rings. The van der Waals surface area contributed by atoms with Crippen molar-refractivity contribution >= 4 is 5.97 Å². The van der Waals surface area contributed by atoms with Crippen LogP contribution in [0.5, 0.6) is 0 Å². The summed E-state index contributed by atoms with van der Waals surface area (Å²) >= 11 is 0. The van der Waals surface area contributed by atoms with E-state index in [1.807, 2.05) is 37.9 Å². The van der Waals surface area contributed by atoms with Crippen LogP contribution in [0.3, 0.4) is 0 Å². The number of hydrogen-bond donors (Lipinski definition) is 0. The summed E-state index contributed by atoms with van der Waals surface area (Å²) in [7, 11) is 0. The molecule has 0 fully saturated rings. The lowest BCUT2D eigenvalue weighted by molar-refractivity contribution is -0.155. The van der Waals surface area contributed by atoms with Crippen LogP contribution in [0, 0.1) is 0 Å². The summed E-state index contributed by atoms with van der Waals surface area (Å²) in [4.78, 5) is 13.5. The van der Waals surface area contributed by atoms with Gasteiger partial charge in [0.1, 0.15) is 12.1 Å². The number of allylic oxidation sites excluding steroid dienone is 2. The molecule has 0 unspecified atom stereocenters. The molecular weight excluding hydrogens is 202 g/mol. The predicted octanol–water partition coefficient (Wildman–Crippen LogP) is 2.49. The normalized spacial score (nSPS) is 16.0. The molecule has 0 aromatic carbocycles. The van der Waals surface area contributed by atoms with Gasteiger partial charge < -0.3 is 9.64 Å². The first kappa shape index (κ1) is 12.8. The minimum Gasteiger partial charge on any atom is -0.459 e. The second-order valence-corrected chi connectivity index (χ2v) is 4.96. The van der Waals surface area contributed by atoms with E-state index >= 15 is 0 Å². The lowest BCUT2D eigenvalue weighted by atomic mass is 10.1. The minimum absolute atomic E-state index is 0.175. The van der Waals surface area contributed by atoms with Crippen molar-refractivity contribution in [3.05, 3.63) is 23.9 Å². The van der Waals surface area contributed by atoms with E-state index in [-0.39, 0.29) is 5.97 Å². The van der Waals surface area contributed by atoms with Crippen LogP contribution in [0.4, 0.5) is 0 Å². The molecule has 0 atom stereocenters. The van der Waals surface area contributed by atoms with Crippen molar-refractivity contribution in [2.75, 3.05) is 13.1 Å². The third kappa shape index (κ3) is 4.51. The van der Waals surface area contributed by atoms with Crippen LogP contribution in [0.2, 0.25) is 0 Å². The predicted molar refractivity (Wildman–Crippen MR) is 64.9 cm³/mol. The number of rotatable bonds is 3. The third-order valence-electron chi connectivity index (χ3n) is 2.25. The number of esters is 1. The van der Waals surface area contributed by atoms with Gasteiger partial charge in [-0.05, 0) is 38.8 Å². The van der Waals surface area contributed by atoms with Crippen molar-refractivity contribution in [1.82, 2.24) is 4.90 Å². The van der Waals surface area contributed by atoms with Crippen LogP contribution in [0.15, 0.2) is 23.9 Å². The molecule has 0 N–H and O–H groups in total. The zero-order chi connectivity index (χ0) is 12.2. The van der Waals surface area contributed by atoms with Crippen molar-refractivity contribution < 1.29 is 9.53 Å². The molecule has 0 aromatic heterocycles. The van der Waals surface area contributed by atoms with Crippen LogP contribution >= 0.6 is 0 Å². The summed E-state index contributed by atoms with van der Waals surface area (Å²) in [6.45, 7) is 8.88. The summed E-state index contributed by atoms with van der Waals surface area (Å²) in [6.07, 6.45) is 7.19. The fourth-order valence-electron chi connectivity index (χ4n) is 1.48.